The quantitative estimate of drug-likeness (QED) is 0.756. The van der Waals surface area contributed by atoms with Crippen LogP contribution in [0.5, 0.6) is 0 Å². The minimum absolute atomic E-state index is 0.0258. The maximum Gasteiger partial charge on any atom is 0.251 e. The van der Waals surface area contributed by atoms with Gasteiger partial charge in [-0.3, -0.25) is 4.79 Å². The molecule has 0 fully saturated rings. The molecule has 3 nitrogen and oxygen atoms in total. The van der Waals surface area contributed by atoms with Crippen molar-refractivity contribution in [3.05, 3.63) is 51.7 Å². The Morgan fingerprint density at radius 2 is 2.00 bits per heavy atom. The largest absolute Gasteiger partial charge is 0.396 e. The SMILES string of the molecule is Nc1ccc(-c2c[nH]c(=O)c3c2CCC3)cc1F. The van der Waals surface area contributed by atoms with Crippen LogP contribution in [0.15, 0.2) is 29.2 Å². The summed E-state index contributed by atoms with van der Waals surface area (Å²) in [5, 5.41) is 0. The summed E-state index contributed by atoms with van der Waals surface area (Å²) in [5.74, 6) is -0.426. The van der Waals surface area contributed by atoms with Crippen molar-refractivity contribution in [2.75, 3.05) is 5.73 Å². The summed E-state index contributed by atoms with van der Waals surface area (Å²) in [5.41, 5.74) is 9.13. The third-order valence-electron chi connectivity index (χ3n) is 3.48. The molecule has 0 amide bonds. The van der Waals surface area contributed by atoms with Crippen LogP contribution in [-0.2, 0) is 12.8 Å². The molecule has 0 atom stereocenters. The molecule has 0 saturated heterocycles. The third kappa shape index (κ3) is 1.61. The number of rotatable bonds is 1. The lowest BCUT2D eigenvalue weighted by molar-refractivity contribution is 0.633. The Hall–Kier alpha value is -2.10. The van der Waals surface area contributed by atoms with E-state index in [-0.39, 0.29) is 11.2 Å². The summed E-state index contributed by atoms with van der Waals surface area (Å²) < 4.78 is 13.5. The summed E-state index contributed by atoms with van der Waals surface area (Å²) in [4.78, 5) is 14.4. The van der Waals surface area contributed by atoms with E-state index in [0.717, 1.165) is 41.5 Å². The van der Waals surface area contributed by atoms with Crippen LogP contribution in [0.1, 0.15) is 17.5 Å². The zero-order valence-electron chi connectivity index (χ0n) is 9.79. The van der Waals surface area contributed by atoms with Crippen molar-refractivity contribution in [1.29, 1.82) is 0 Å². The molecule has 0 unspecified atom stereocenters. The van der Waals surface area contributed by atoms with Gasteiger partial charge in [-0.05, 0) is 42.5 Å². The average molecular weight is 244 g/mol. The number of halogens is 1. The Morgan fingerprint density at radius 3 is 2.78 bits per heavy atom. The Morgan fingerprint density at radius 1 is 1.22 bits per heavy atom. The van der Waals surface area contributed by atoms with Crippen LogP contribution in [0.25, 0.3) is 11.1 Å². The van der Waals surface area contributed by atoms with Gasteiger partial charge in [0.15, 0.2) is 0 Å². The number of anilines is 1. The van der Waals surface area contributed by atoms with Crippen molar-refractivity contribution in [2.24, 2.45) is 0 Å². The number of fused-ring (bicyclic) bond motifs is 1. The molecule has 1 aliphatic rings. The molecule has 4 heteroatoms. The lowest BCUT2D eigenvalue weighted by Gasteiger charge is -2.08. The van der Waals surface area contributed by atoms with Crippen molar-refractivity contribution < 1.29 is 4.39 Å². The second-order valence-electron chi connectivity index (χ2n) is 4.58. The van der Waals surface area contributed by atoms with E-state index in [1.165, 1.54) is 6.07 Å². The number of benzene rings is 1. The Labute approximate surface area is 103 Å². The molecule has 0 spiro atoms. The molecule has 0 saturated carbocycles. The summed E-state index contributed by atoms with van der Waals surface area (Å²) in [6.07, 6.45) is 4.32. The molecule has 1 aliphatic carbocycles. The van der Waals surface area contributed by atoms with Crippen molar-refractivity contribution in [1.82, 2.24) is 4.98 Å². The number of pyridine rings is 1. The van der Waals surface area contributed by atoms with Gasteiger partial charge in [-0.25, -0.2) is 4.39 Å². The van der Waals surface area contributed by atoms with E-state index < -0.39 is 5.82 Å². The van der Waals surface area contributed by atoms with Gasteiger partial charge in [0.1, 0.15) is 5.82 Å². The molecule has 92 valence electrons. The molecule has 0 aliphatic heterocycles. The molecule has 1 heterocycles. The van der Waals surface area contributed by atoms with Crippen LogP contribution in [-0.4, -0.2) is 4.98 Å². The number of hydrogen-bond acceptors (Lipinski definition) is 2. The van der Waals surface area contributed by atoms with Gasteiger partial charge in [0.2, 0.25) is 0 Å². The highest BCUT2D eigenvalue weighted by Gasteiger charge is 2.19. The summed E-state index contributed by atoms with van der Waals surface area (Å²) >= 11 is 0. The van der Waals surface area contributed by atoms with E-state index in [1.54, 1.807) is 18.3 Å². The number of nitrogen functional groups attached to an aromatic ring is 1. The summed E-state index contributed by atoms with van der Waals surface area (Å²) in [7, 11) is 0. The smallest absolute Gasteiger partial charge is 0.251 e. The van der Waals surface area contributed by atoms with Gasteiger partial charge in [-0.2, -0.15) is 0 Å². The fraction of sp³-hybridized carbons (Fsp3) is 0.214. The molecule has 0 bridgehead atoms. The number of aromatic nitrogens is 1. The highest BCUT2D eigenvalue weighted by Crippen LogP contribution is 2.30. The van der Waals surface area contributed by atoms with Gasteiger partial charge in [0.25, 0.3) is 5.56 Å². The minimum Gasteiger partial charge on any atom is -0.396 e. The average Bonchev–Trinajstić information content (AvgIpc) is 2.83. The van der Waals surface area contributed by atoms with Gasteiger partial charge in [-0.1, -0.05) is 6.07 Å². The van der Waals surface area contributed by atoms with Gasteiger partial charge in [0, 0.05) is 17.3 Å². The van der Waals surface area contributed by atoms with Crippen LogP contribution in [0.3, 0.4) is 0 Å². The molecule has 3 rings (SSSR count). The summed E-state index contributed by atoms with van der Waals surface area (Å²) in [6, 6.07) is 4.75. The maximum absolute atomic E-state index is 13.5. The van der Waals surface area contributed by atoms with Crippen molar-refractivity contribution in [3.63, 3.8) is 0 Å². The second kappa shape index (κ2) is 3.98. The molecular formula is C14H13FN2O. The zero-order valence-corrected chi connectivity index (χ0v) is 9.79. The van der Waals surface area contributed by atoms with E-state index in [4.69, 9.17) is 5.73 Å². The predicted molar refractivity (Wildman–Crippen MR) is 68.9 cm³/mol. The van der Waals surface area contributed by atoms with Gasteiger partial charge in [0.05, 0.1) is 5.69 Å². The molecule has 1 aromatic heterocycles. The predicted octanol–water partition coefficient (Wildman–Crippen LogP) is 2.25. The molecule has 18 heavy (non-hydrogen) atoms. The standard InChI is InChI=1S/C14H13FN2O/c15-12-6-8(4-5-13(12)16)11-7-17-14(18)10-3-1-2-9(10)11/h4-7H,1-3,16H2,(H,17,18). The fourth-order valence-electron chi connectivity index (χ4n) is 2.56. The summed E-state index contributed by atoms with van der Waals surface area (Å²) in [6.45, 7) is 0. The lowest BCUT2D eigenvalue weighted by Crippen LogP contribution is -2.12. The molecule has 1 aromatic carbocycles. The van der Waals surface area contributed by atoms with Crippen molar-refractivity contribution >= 4 is 5.69 Å². The van der Waals surface area contributed by atoms with Gasteiger partial charge < -0.3 is 10.7 Å². The number of nitrogens with one attached hydrogen (secondary N) is 1. The van der Waals surface area contributed by atoms with Crippen molar-refractivity contribution in [3.8, 4) is 11.1 Å². The first-order valence-corrected chi connectivity index (χ1v) is 5.95. The van der Waals surface area contributed by atoms with Crippen LogP contribution in [0.4, 0.5) is 10.1 Å². The number of hydrogen-bond donors (Lipinski definition) is 2. The molecule has 0 radical (unpaired) electrons. The first-order valence-electron chi connectivity index (χ1n) is 5.95. The number of nitrogens with two attached hydrogens (primary N) is 1. The third-order valence-corrected chi connectivity index (χ3v) is 3.48. The van der Waals surface area contributed by atoms with Crippen molar-refractivity contribution in [2.45, 2.75) is 19.3 Å². The van der Waals surface area contributed by atoms with E-state index in [0.29, 0.717) is 0 Å². The second-order valence-corrected chi connectivity index (χ2v) is 4.58. The first kappa shape index (κ1) is 11.0. The van der Waals surface area contributed by atoms with Crippen LogP contribution < -0.4 is 11.3 Å². The van der Waals surface area contributed by atoms with Gasteiger partial charge in [-0.15, -0.1) is 0 Å². The first-order chi connectivity index (χ1) is 8.66. The molecule has 2 aromatic rings. The van der Waals surface area contributed by atoms with Crippen LogP contribution >= 0.6 is 0 Å². The van der Waals surface area contributed by atoms with E-state index in [2.05, 4.69) is 4.98 Å². The van der Waals surface area contributed by atoms with Crippen LogP contribution in [0, 0.1) is 5.82 Å². The fourth-order valence-corrected chi connectivity index (χ4v) is 2.56. The monoisotopic (exact) mass is 244 g/mol. The van der Waals surface area contributed by atoms with E-state index in [9.17, 15) is 9.18 Å². The van der Waals surface area contributed by atoms with Crippen LogP contribution in [0.2, 0.25) is 0 Å². The highest BCUT2D eigenvalue weighted by atomic mass is 19.1. The van der Waals surface area contributed by atoms with E-state index in [1.807, 2.05) is 0 Å². The minimum atomic E-state index is -0.426. The maximum atomic E-state index is 13.5. The normalized spacial score (nSPS) is 13.6. The number of H-pyrrole nitrogens is 1. The zero-order chi connectivity index (χ0) is 12.7. The van der Waals surface area contributed by atoms with Gasteiger partial charge >= 0.3 is 0 Å². The molecule has 3 N–H and O–H groups in total. The molecular weight excluding hydrogens is 231 g/mol. The highest BCUT2D eigenvalue weighted by molar-refractivity contribution is 5.70. The Bertz CT molecular complexity index is 676. The Balaban J connectivity index is 2.21. The number of aromatic amines is 1. The lowest BCUT2D eigenvalue weighted by atomic mass is 9.99. The topological polar surface area (TPSA) is 58.9 Å². The van der Waals surface area contributed by atoms with E-state index >= 15 is 0 Å². The Kier molecular flexibility index (Phi) is 2.44.